The maximum absolute atomic E-state index is 11.5. The molecule has 0 aliphatic heterocycles. The second kappa shape index (κ2) is 3.61. The van der Waals surface area contributed by atoms with Crippen molar-refractivity contribution in [2.75, 3.05) is 6.26 Å². The molecule has 0 aliphatic carbocycles. The quantitative estimate of drug-likeness (QED) is 0.834. The molecule has 4 heteroatoms. The first-order valence-electron chi connectivity index (χ1n) is 4.72. The number of hydrogen-bond acceptors (Lipinski definition) is 3. The zero-order valence-corrected chi connectivity index (χ0v) is 10.4. The molecule has 0 amide bonds. The minimum atomic E-state index is -3.17. The number of nitrogens with two attached hydrogens (primary N) is 1. The lowest BCUT2D eigenvalue weighted by atomic mass is 9.95. The van der Waals surface area contributed by atoms with Crippen LogP contribution in [0.15, 0.2) is 23.1 Å². The molecule has 0 aromatic heterocycles. The van der Waals surface area contributed by atoms with Gasteiger partial charge >= 0.3 is 0 Å². The Bertz CT molecular complexity index is 470. The smallest absolute Gasteiger partial charge is 0.175 e. The summed E-state index contributed by atoms with van der Waals surface area (Å²) in [5, 5.41) is 0. The van der Waals surface area contributed by atoms with Crippen molar-refractivity contribution in [2.45, 2.75) is 31.2 Å². The Kier molecular flexibility index (Phi) is 2.94. The maximum atomic E-state index is 11.5. The fourth-order valence-electron chi connectivity index (χ4n) is 1.40. The molecule has 1 aromatic rings. The van der Waals surface area contributed by atoms with Crippen LogP contribution in [0.1, 0.15) is 25.0 Å². The third-order valence-corrected chi connectivity index (χ3v) is 3.57. The van der Waals surface area contributed by atoms with E-state index in [9.17, 15) is 8.42 Å². The van der Waals surface area contributed by atoms with E-state index in [0.717, 1.165) is 11.1 Å². The van der Waals surface area contributed by atoms with Gasteiger partial charge in [-0.2, -0.15) is 0 Å². The Morgan fingerprint density at radius 3 is 2.20 bits per heavy atom. The van der Waals surface area contributed by atoms with Crippen LogP contribution in [0, 0.1) is 6.92 Å². The van der Waals surface area contributed by atoms with Gasteiger partial charge in [0.05, 0.1) is 4.90 Å². The minimum absolute atomic E-state index is 0.360. The second-order valence-corrected chi connectivity index (χ2v) is 6.46. The highest BCUT2D eigenvalue weighted by molar-refractivity contribution is 7.90. The number of hydrogen-bond donors (Lipinski definition) is 1. The van der Waals surface area contributed by atoms with Gasteiger partial charge in [-0.25, -0.2) is 8.42 Å². The lowest BCUT2D eigenvalue weighted by Gasteiger charge is -2.20. The normalized spacial score (nSPS) is 12.9. The summed E-state index contributed by atoms with van der Waals surface area (Å²) in [4.78, 5) is 0.360. The summed E-state index contributed by atoms with van der Waals surface area (Å²) in [6.45, 7) is 5.48. The molecule has 0 radical (unpaired) electrons. The molecular weight excluding hydrogens is 210 g/mol. The van der Waals surface area contributed by atoms with Crippen molar-refractivity contribution in [1.29, 1.82) is 0 Å². The van der Waals surface area contributed by atoms with Crippen LogP contribution in [-0.4, -0.2) is 14.7 Å². The fourth-order valence-corrected chi connectivity index (χ4v) is 2.39. The van der Waals surface area contributed by atoms with Gasteiger partial charge in [-0.3, -0.25) is 0 Å². The van der Waals surface area contributed by atoms with Crippen LogP contribution in [0.25, 0.3) is 0 Å². The average Bonchev–Trinajstić information content (AvgIpc) is 2.00. The second-order valence-electron chi connectivity index (χ2n) is 4.47. The van der Waals surface area contributed by atoms with E-state index in [2.05, 4.69) is 0 Å². The van der Waals surface area contributed by atoms with E-state index in [4.69, 9.17) is 5.73 Å². The molecule has 0 saturated carbocycles. The van der Waals surface area contributed by atoms with Gasteiger partial charge in [0.25, 0.3) is 0 Å². The Hall–Kier alpha value is -0.870. The van der Waals surface area contributed by atoms with Crippen LogP contribution in [0.5, 0.6) is 0 Å². The van der Waals surface area contributed by atoms with Gasteiger partial charge in [0.2, 0.25) is 0 Å². The number of sulfone groups is 1. The molecule has 0 atom stereocenters. The monoisotopic (exact) mass is 227 g/mol. The molecule has 0 heterocycles. The van der Waals surface area contributed by atoms with Crippen molar-refractivity contribution < 1.29 is 8.42 Å². The largest absolute Gasteiger partial charge is 0.322 e. The van der Waals surface area contributed by atoms with E-state index in [-0.39, 0.29) is 0 Å². The highest BCUT2D eigenvalue weighted by atomic mass is 32.2. The predicted octanol–water partition coefficient (Wildman–Crippen LogP) is 1.59. The van der Waals surface area contributed by atoms with Gasteiger partial charge in [0, 0.05) is 11.8 Å². The molecule has 0 saturated heterocycles. The van der Waals surface area contributed by atoms with Crippen LogP contribution in [0.3, 0.4) is 0 Å². The Balaban J connectivity index is 3.43. The molecule has 0 spiro atoms. The first kappa shape index (κ1) is 12.2. The zero-order valence-electron chi connectivity index (χ0n) is 9.53. The minimum Gasteiger partial charge on any atom is -0.322 e. The maximum Gasteiger partial charge on any atom is 0.175 e. The summed E-state index contributed by atoms with van der Waals surface area (Å²) in [5.74, 6) is 0. The molecule has 0 aliphatic rings. The average molecular weight is 227 g/mol. The third kappa shape index (κ3) is 2.79. The van der Waals surface area contributed by atoms with Crippen LogP contribution in [0.4, 0.5) is 0 Å². The molecule has 0 bridgehead atoms. The molecule has 1 rings (SSSR count). The zero-order chi connectivity index (χ0) is 11.9. The fraction of sp³-hybridized carbons (Fsp3) is 0.455. The first-order valence-corrected chi connectivity index (χ1v) is 6.61. The van der Waals surface area contributed by atoms with Gasteiger partial charge in [0.1, 0.15) is 0 Å². The summed E-state index contributed by atoms with van der Waals surface area (Å²) in [6, 6.07) is 5.31. The number of benzene rings is 1. The molecule has 0 fully saturated rings. The van der Waals surface area contributed by atoms with Gasteiger partial charge in [-0.15, -0.1) is 0 Å². The highest BCUT2D eigenvalue weighted by Gasteiger charge is 2.18. The van der Waals surface area contributed by atoms with Crippen LogP contribution in [0.2, 0.25) is 0 Å². The first-order chi connectivity index (χ1) is 6.62. The molecule has 15 heavy (non-hydrogen) atoms. The number of aryl methyl sites for hydroxylation is 1. The molecule has 84 valence electrons. The lowest BCUT2D eigenvalue weighted by Crippen LogP contribution is -2.28. The summed E-state index contributed by atoms with van der Waals surface area (Å²) >= 11 is 0. The van der Waals surface area contributed by atoms with E-state index >= 15 is 0 Å². The van der Waals surface area contributed by atoms with Crippen LogP contribution >= 0.6 is 0 Å². The van der Waals surface area contributed by atoms with E-state index in [0.29, 0.717) is 4.90 Å². The predicted molar refractivity (Wildman–Crippen MR) is 61.5 cm³/mol. The van der Waals surface area contributed by atoms with Gasteiger partial charge in [0.15, 0.2) is 9.84 Å². The van der Waals surface area contributed by atoms with Crippen molar-refractivity contribution in [2.24, 2.45) is 5.73 Å². The van der Waals surface area contributed by atoms with E-state index in [1.807, 2.05) is 19.9 Å². The van der Waals surface area contributed by atoms with Gasteiger partial charge in [-0.05, 0) is 38.0 Å². The van der Waals surface area contributed by atoms with Crippen LogP contribution < -0.4 is 5.73 Å². The van der Waals surface area contributed by atoms with Gasteiger partial charge < -0.3 is 5.73 Å². The summed E-state index contributed by atoms with van der Waals surface area (Å²) in [6.07, 6.45) is 1.21. The Morgan fingerprint density at radius 2 is 1.80 bits per heavy atom. The van der Waals surface area contributed by atoms with E-state index in [1.165, 1.54) is 6.26 Å². The van der Waals surface area contributed by atoms with Crippen molar-refractivity contribution in [3.63, 3.8) is 0 Å². The van der Waals surface area contributed by atoms with Crippen molar-refractivity contribution in [3.8, 4) is 0 Å². The van der Waals surface area contributed by atoms with Crippen molar-refractivity contribution in [3.05, 3.63) is 29.3 Å². The Labute approximate surface area is 91.2 Å². The summed E-state index contributed by atoms with van der Waals surface area (Å²) in [5.41, 5.74) is 6.99. The SMILES string of the molecule is Cc1ccc(C(C)(C)N)cc1S(C)(=O)=O. The van der Waals surface area contributed by atoms with E-state index in [1.54, 1.807) is 19.1 Å². The molecule has 0 unspecified atom stereocenters. The topological polar surface area (TPSA) is 60.2 Å². The van der Waals surface area contributed by atoms with Crippen molar-refractivity contribution >= 4 is 9.84 Å². The summed E-state index contributed by atoms with van der Waals surface area (Å²) in [7, 11) is -3.17. The van der Waals surface area contributed by atoms with E-state index < -0.39 is 15.4 Å². The van der Waals surface area contributed by atoms with Crippen molar-refractivity contribution in [1.82, 2.24) is 0 Å². The van der Waals surface area contributed by atoms with Gasteiger partial charge in [-0.1, -0.05) is 12.1 Å². The molecule has 2 N–H and O–H groups in total. The third-order valence-electron chi connectivity index (χ3n) is 2.33. The summed E-state index contributed by atoms with van der Waals surface area (Å²) < 4.78 is 23.0. The molecule has 3 nitrogen and oxygen atoms in total. The molecular formula is C11H17NO2S. The molecule has 1 aromatic carbocycles. The number of rotatable bonds is 2. The van der Waals surface area contributed by atoms with Crippen LogP contribution in [-0.2, 0) is 15.4 Å². The Morgan fingerprint density at radius 1 is 1.27 bits per heavy atom. The standard InChI is InChI=1S/C11H17NO2S/c1-8-5-6-9(11(2,3)12)7-10(8)15(4,13)14/h5-7H,12H2,1-4H3. The lowest BCUT2D eigenvalue weighted by molar-refractivity contribution is 0.552. The highest BCUT2D eigenvalue weighted by Crippen LogP contribution is 2.23.